The Labute approximate surface area is 203 Å². The van der Waals surface area contributed by atoms with Gasteiger partial charge in [-0.15, -0.1) is 0 Å². The van der Waals surface area contributed by atoms with Gasteiger partial charge in [0.15, 0.2) is 0 Å². The van der Waals surface area contributed by atoms with Crippen molar-refractivity contribution in [3.05, 3.63) is 56.7 Å². The lowest BCUT2D eigenvalue weighted by molar-refractivity contribution is 0.0592. The molecule has 2 aromatic rings. The van der Waals surface area contributed by atoms with Crippen molar-refractivity contribution >= 4 is 23.5 Å². The number of aromatic nitrogens is 2. The molecule has 1 amide bonds. The maximum Gasteiger partial charge on any atom is 0.343 e. The van der Waals surface area contributed by atoms with Crippen molar-refractivity contribution in [2.24, 2.45) is 0 Å². The zero-order chi connectivity index (χ0) is 24.2. The second-order valence-electron chi connectivity index (χ2n) is 8.63. The van der Waals surface area contributed by atoms with E-state index in [1.54, 1.807) is 11.0 Å². The molecule has 9 nitrogen and oxygen atoms in total. The predicted molar refractivity (Wildman–Crippen MR) is 127 cm³/mol. The zero-order valence-corrected chi connectivity index (χ0v) is 20.2. The third-order valence-electron chi connectivity index (χ3n) is 6.62. The van der Waals surface area contributed by atoms with Crippen molar-refractivity contribution in [2.45, 2.75) is 38.3 Å². The lowest BCUT2D eigenvalue weighted by atomic mass is 10.1. The molecule has 182 valence electrons. The highest BCUT2D eigenvalue weighted by Crippen LogP contribution is 2.26. The Kier molecular flexibility index (Phi) is 7.53. The minimum atomic E-state index is -0.558. The van der Waals surface area contributed by atoms with Gasteiger partial charge in [-0.3, -0.25) is 9.59 Å². The molecule has 1 unspecified atom stereocenters. The average Bonchev–Trinajstić information content (AvgIpc) is 3.10. The van der Waals surface area contributed by atoms with Crippen LogP contribution in [0.4, 0.5) is 0 Å². The summed E-state index contributed by atoms with van der Waals surface area (Å²) in [6, 6.07) is 4.91. The van der Waals surface area contributed by atoms with Gasteiger partial charge in [0.1, 0.15) is 16.5 Å². The lowest BCUT2D eigenvalue weighted by Gasteiger charge is -2.21. The van der Waals surface area contributed by atoms with Gasteiger partial charge in [0, 0.05) is 55.6 Å². The Balaban J connectivity index is 1.57. The maximum atomic E-state index is 13.0. The summed E-state index contributed by atoms with van der Waals surface area (Å²) in [5.74, 6) is -0.524. The van der Waals surface area contributed by atoms with E-state index < -0.39 is 5.97 Å². The Hall–Kier alpha value is -2.91. The summed E-state index contributed by atoms with van der Waals surface area (Å²) < 4.78 is 12.5. The minimum Gasteiger partial charge on any atom is -0.492 e. The Bertz CT molecular complexity index is 1130. The molecular formula is C24H29ClN4O5. The minimum absolute atomic E-state index is 0.207. The fourth-order valence-electron chi connectivity index (χ4n) is 4.76. The number of methoxy groups -OCH3 is 1. The number of hydrogen-bond acceptors (Lipinski definition) is 7. The van der Waals surface area contributed by atoms with Crippen molar-refractivity contribution in [1.29, 1.82) is 0 Å². The van der Waals surface area contributed by atoms with Crippen molar-refractivity contribution < 1.29 is 19.1 Å². The summed E-state index contributed by atoms with van der Waals surface area (Å²) in [6.07, 6.45) is 4.88. The van der Waals surface area contributed by atoms with Crippen LogP contribution in [-0.2, 0) is 17.7 Å². The third kappa shape index (κ3) is 5.10. The molecule has 0 spiro atoms. The Morgan fingerprint density at radius 3 is 2.74 bits per heavy atom. The number of amides is 1. The fraction of sp³-hybridized carbons (Fsp3) is 0.500. The van der Waals surface area contributed by atoms with E-state index >= 15 is 0 Å². The molecule has 34 heavy (non-hydrogen) atoms. The number of ether oxygens (including phenoxy) is 2. The number of likely N-dealkylation sites (tertiary alicyclic amines) is 1. The standard InChI is InChI=1S/C24H29ClN4O5/c1-27-9-3-4-17(27)7-13-34-19-15-21(30)29-12-11-28(10-6-18(29)22(19)24(32)33-2)23(31)16-5-8-26-20(25)14-16/h5,8,14-15,17H,3-4,6-7,9-13H2,1-2H3. The van der Waals surface area contributed by atoms with Gasteiger partial charge in [0.2, 0.25) is 0 Å². The van der Waals surface area contributed by atoms with Gasteiger partial charge in [-0.05, 0) is 45.0 Å². The van der Waals surface area contributed by atoms with E-state index in [0.717, 1.165) is 25.8 Å². The molecule has 2 aromatic heterocycles. The summed E-state index contributed by atoms with van der Waals surface area (Å²) >= 11 is 5.94. The van der Waals surface area contributed by atoms with Crippen LogP contribution < -0.4 is 10.3 Å². The number of carbonyl (C=O) groups is 2. The highest BCUT2D eigenvalue weighted by molar-refractivity contribution is 6.29. The molecule has 4 rings (SSSR count). The number of esters is 1. The first-order valence-electron chi connectivity index (χ1n) is 11.5. The van der Waals surface area contributed by atoms with E-state index in [2.05, 4.69) is 16.9 Å². The summed E-state index contributed by atoms with van der Waals surface area (Å²) in [5, 5.41) is 0.235. The first kappa shape index (κ1) is 24.2. The molecule has 10 heteroatoms. The fourth-order valence-corrected chi connectivity index (χ4v) is 4.93. The van der Waals surface area contributed by atoms with E-state index in [1.165, 1.54) is 30.0 Å². The molecule has 0 bridgehead atoms. The van der Waals surface area contributed by atoms with Crippen molar-refractivity contribution in [1.82, 2.24) is 19.4 Å². The predicted octanol–water partition coefficient (Wildman–Crippen LogP) is 2.24. The molecule has 0 saturated carbocycles. The van der Waals surface area contributed by atoms with Gasteiger partial charge in [-0.1, -0.05) is 11.6 Å². The maximum absolute atomic E-state index is 13.0. The van der Waals surface area contributed by atoms with Gasteiger partial charge in [-0.2, -0.15) is 0 Å². The van der Waals surface area contributed by atoms with Crippen LogP contribution in [0.2, 0.25) is 5.15 Å². The van der Waals surface area contributed by atoms with Gasteiger partial charge in [0.25, 0.3) is 11.5 Å². The molecule has 0 radical (unpaired) electrons. The molecule has 0 N–H and O–H groups in total. The van der Waals surface area contributed by atoms with Crippen LogP contribution in [-0.4, -0.2) is 77.7 Å². The average molecular weight is 489 g/mol. The number of halogens is 1. The number of pyridine rings is 2. The quantitative estimate of drug-likeness (QED) is 0.454. The van der Waals surface area contributed by atoms with Gasteiger partial charge in [-0.25, -0.2) is 9.78 Å². The number of nitrogens with zero attached hydrogens (tertiary/aromatic N) is 4. The van der Waals surface area contributed by atoms with Crippen LogP contribution in [0.1, 0.15) is 45.7 Å². The molecule has 0 aliphatic carbocycles. The first-order chi connectivity index (χ1) is 16.4. The lowest BCUT2D eigenvalue weighted by Crippen LogP contribution is -2.34. The SMILES string of the molecule is COC(=O)c1c(OCCC2CCCN2C)cc(=O)n2c1CCN(C(=O)c1ccnc(Cl)c1)CC2. The van der Waals surface area contributed by atoms with Gasteiger partial charge < -0.3 is 23.8 Å². The molecule has 1 atom stereocenters. The monoisotopic (exact) mass is 488 g/mol. The van der Waals surface area contributed by atoms with Crippen molar-refractivity contribution in [3.63, 3.8) is 0 Å². The number of fused-ring (bicyclic) bond motifs is 1. The number of carbonyl (C=O) groups excluding carboxylic acids is 2. The highest BCUT2D eigenvalue weighted by Gasteiger charge is 2.28. The van der Waals surface area contributed by atoms with E-state index in [1.807, 2.05) is 0 Å². The molecule has 1 saturated heterocycles. The molecule has 1 fully saturated rings. The second-order valence-corrected chi connectivity index (χ2v) is 9.02. The van der Waals surface area contributed by atoms with Crippen LogP contribution >= 0.6 is 11.6 Å². The summed E-state index contributed by atoms with van der Waals surface area (Å²) in [7, 11) is 3.40. The Morgan fingerprint density at radius 2 is 2.03 bits per heavy atom. The van der Waals surface area contributed by atoms with Crippen LogP contribution in [0.3, 0.4) is 0 Å². The molecule has 0 aromatic carbocycles. The summed E-state index contributed by atoms with van der Waals surface area (Å²) in [4.78, 5) is 46.6. The number of rotatable bonds is 6. The topological polar surface area (TPSA) is 94.0 Å². The normalized spacial score (nSPS) is 18.3. The molecule has 2 aliphatic rings. The van der Waals surface area contributed by atoms with Crippen LogP contribution in [0, 0.1) is 0 Å². The van der Waals surface area contributed by atoms with E-state index in [-0.39, 0.29) is 34.5 Å². The van der Waals surface area contributed by atoms with Gasteiger partial charge in [0.05, 0.1) is 13.7 Å². The smallest absolute Gasteiger partial charge is 0.343 e. The third-order valence-corrected chi connectivity index (χ3v) is 6.83. The summed E-state index contributed by atoms with van der Waals surface area (Å²) in [5.41, 5.74) is 0.933. The highest BCUT2D eigenvalue weighted by atomic mass is 35.5. The van der Waals surface area contributed by atoms with Crippen LogP contribution in [0.15, 0.2) is 29.2 Å². The van der Waals surface area contributed by atoms with Crippen LogP contribution in [0.25, 0.3) is 0 Å². The Morgan fingerprint density at radius 1 is 1.21 bits per heavy atom. The number of hydrogen-bond donors (Lipinski definition) is 0. The van der Waals surface area contributed by atoms with E-state index in [4.69, 9.17) is 21.1 Å². The van der Waals surface area contributed by atoms with Crippen LogP contribution in [0.5, 0.6) is 5.75 Å². The van der Waals surface area contributed by atoms with Crippen molar-refractivity contribution in [3.8, 4) is 5.75 Å². The first-order valence-corrected chi connectivity index (χ1v) is 11.9. The zero-order valence-electron chi connectivity index (χ0n) is 19.5. The molecular weight excluding hydrogens is 460 g/mol. The second kappa shape index (κ2) is 10.6. The van der Waals surface area contributed by atoms with Gasteiger partial charge >= 0.3 is 5.97 Å². The van der Waals surface area contributed by atoms with Crippen molar-refractivity contribution in [2.75, 3.05) is 40.4 Å². The van der Waals surface area contributed by atoms with E-state index in [9.17, 15) is 14.4 Å². The summed E-state index contributed by atoms with van der Waals surface area (Å²) in [6.45, 7) is 2.38. The molecule has 2 aliphatic heterocycles. The largest absolute Gasteiger partial charge is 0.492 e. The molecule has 4 heterocycles. The van der Waals surface area contributed by atoms with E-state index in [0.29, 0.717) is 43.4 Å².